The molecule has 2 aromatic heterocycles. The summed E-state index contributed by atoms with van der Waals surface area (Å²) in [7, 11) is 1.95. The molecule has 0 radical (unpaired) electrons. The van der Waals surface area contributed by atoms with Crippen molar-refractivity contribution in [1.29, 1.82) is 0 Å². The Hall–Kier alpha value is -3.12. The Morgan fingerprint density at radius 3 is 2.70 bits per heavy atom. The molecule has 4 aromatic rings. The maximum atomic E-state index is 13.3. The molecule has 2 heterocycles. The van der Waals surface area contributed by atoms with Crippen LogP contribution in [0.2, 0.25) is 0 Å². The molecule has 0 saturated heterocycles. The maximum Gasteiger partial charge on any atom is 0.347 e. The molecule has 0 aliphatic heterocycles. The van der Waals surface area contributed by atoms with Crippen LogP contribution in [0.25, 0.3) is 26.8 Å². The van der Waals surface area contributed by atoms with Gasteiger partial charge < -0.3 is 14.4 Å². The molecule has 4 rings (SSSR count). The summed E-state index contributed by atoms with van der Waals surface area (Å²) in [6.45, 7) is 4.03. The summed E-state index contributed by atoms with van der Waals surface area (Å²) < 4.78 is 19.4. The van der Waals surface area contributed by atoms with E-state index >= 15 is 0 Å². The van der Waals surface area contributed by atoms with Crippen LogP contribution in [0.4, 0.5) is 9.39 Å². The van der Waals surface area contributed by atoms with Gasteiger partial charge in [-0.25, -0.2) is 9.18 Å². The molecular formula is C21H16FNO3S. The van der Waals surface area contributed by atoms with Gasteiger partial charge in [0.25, 0.3) is 0 Å². The molecule has 0 aliphatic carbocycles. The van der Waals surface area contributed by atoms with Crippen LogP contribution in [0.15, 0.2) is 64.3 Å². The highest BCUT2D eigenvalue weighted by atomic mass is 32.1. The standard InChI is InChI=1S/C21H16FNO3S/c1-12(24)17-9-19-18(26-21(17)25)10-20(27-19)23(2)11-13-3-4-15-8-16(22)6-5-14(15)7-13/h3-10,24H,1,11H2,2H3. The minimum atomic E-state index is -0.608. The Labute approximate surface area is 158 Å². The third-order valence-electron chi connectivity index (χ3n) is 4.38. The monoisotopic (exact) mass is 381 g/mol. The van der Waals surface area contributed by atoms with Crippen LogP contribution in [0.1, 0.15) is 11.1 Å². The highest BCUT2D eigenvalue weighted by molar-refractivity contribution is 7.22. The van der Waals surface area contributed by atoms with E-state index < -0.39 is 5.63 Å². The second-order valence-electron chi connectivity index (χ2n) is 6.39. The van der Waals surface area contributed by atoms with Gasteiger partial charge in [-0.05, 0) is 40.6 Å². The van der Waals surface area contributed by atoms with E-state index in [4.69, 9.17) is 4.42 Å². The minimum Gasteiger partial charge on any atom is -0.508 e. The van der Waals surface area contributed by atoms with Crippen LogP contribution in [0, 0.1) is 5.82 Å². The van der Waals surface area contributed by atoms with Crippen molar-refractivity contribution in [3.8, 4) is 0 Å². The van der Waals surface area contributed by atoms with Crippen LogP contribution >= 0.6 is 11.3 Å². The first-order valence-electron chi connectivity index (χ1n) is 8.26. The Morgan fingerprint density at radius 2 is 1.93 bits per heavy atom. The molecule has 0 fully saturated rings. The average molecular weight is 381 g/mol. The van der Waals surface area contributed by atoms with Gasteiger partial charge in [-0.15, -0.1) is 11.3 Å². The molecular weight excluding hydrogens is 365 g/mol. The number of benzene rings is 2. The highest BCUT2D eigenvalue weighted by Crippen LogP contribution is 2.33. The highest BCUT2D eigenvalue weighted by Gasteiger charge is 2.13. The second-order valence-corrected chi connectivity index (χ2v) is 7.45. The lowest BCUT2D eigenvalue weighted by Crippen LogP contribution is -2.14. The van der Waals surface area contributed by atoms with E-state index in [9.17, 15) is 14.3 Å². The Kier molecular flexibility index (Phi) is 4.20. The van der Waals surface area contributed by atoms with Crippen molar-refractivity contribution in [1.82, 2.24) is 0 Å². The first kappa shape index (κ1) is 17.3. The van der Waals surface area contributed by atoms with Gasteiger partial charge >= 0.3 is 5.63 Å². The Bertz CT molecular complexity index is 1240. The predicted molar refractivity (Wildman–Crippen MR) is 108 cm³/mol. The Balaban J connectivity index is 1.64. The predicted octanol–water partition coefficient (Wildman–Crippen LogP) is 5.31. The molecule has 0 spiro atoms. The van der Waals surface area contributed by atoms with Gasteiger partial charge in [0.15, 0.2) is 5.58 Å². The lowest BCUT2D eigenvalue weighted by molar-refractivity contribution is 0.499. The van der Waals surface area contributed by atoms with Gasteiger partial charge in [-0.2, -0.15) is 0 Å². The summed E-state index contributed by atoms with van der Waals surface area (Å²) in [6, 6.07) is 14.1. The molecule has 0 unspecified atom stereocenters. The van der Waals surface area contributed by atoms with Gasteiger partial charge in [0.1, 0.15) is 17.1 Å². The molecule has 136 valence electrons. The first-order chi connectivity index (χ1) is 12.9. The molecule has 6 heteroatoms. The van der Waals surface area contributed by atoms with Crippen LogP contribution in [-0.2, 0) is 6.54 Å². The average Bonchev–Trinajstić information content (AvgIpc) is 3.04. The van der Waals surface area contributed by atoms with E-state index in [0.29, 0.717) is 12.1 Å². The number of anilines is 1. The third kappa shape index (κ3) is 3.31. The summed E-state index contributed by atoms with van der Waals surface area (Å²) in [6.07, 6.45) is 0. The summed E-state index contributed by atoms with van der Waals surface area (Å²) in [4.78, 5) is 13.9. The summed E-state index contributed by atoms with van der Waals surface area (Å²) >= 11 is 1.46. The van der Waals surface area contributed by atoms with Crippen molar-refractivity contribution in [3.63, 3.8) is 0 Å². The number of hydrogen-bond acceptors (Lipinski definition) is 5. The molecule has 0 aliphatic rings. The number of rotatable bonds is 4. The van der Waals surface area contributed by atoms with E-state index in [1.807, 2.05) is 36.2 Å². The van der Waals surface area contributed by atoms with Crippen molar-refractivity contribution in [3.05, 3.63) is 82.5 Å². The fourth-order valence-corrected chi connectivity index (χ4v) is 4.00. The van der Waals surface area contributed by atoms with E-state index in [2.05, 4.69) is 6.58 Å². The number of halogens is 1. The number of nitrogens with zero attached hydrogens (tertiary/aromatic N) is 1. The topological polar surface area (TPSA) is 53.7 Å². The number of aliphatic hydroxyl groups is 1. The van der Waals surface area contributed by atoms with E-state index in [1.54, 1.807) is 12.1 Å². The van der Waals surface area contributed by atoms with Gasteiger partial charge in [-0.1, -0.05) is 24.8 Å². The molecule has 0 saturated carbocycles. The van der Waals surface area contributed by atoms with Crippen molar-refractivity contribution in [2.75, 3.05) is 11.9 Å². The summed E-state index contributed by atoms with van der Waals surface area (Å²) in [5, 5.41) is 12.3. The van der Waals surface area contributed by atoms with Crippen molar-refractivity contribution in [2.45, 2.75) is 6.54 Å². The fourth-order valence-electron chi connectivity index (χ4n) is 3.01. The molecule has 4 nitrogen and oxygen atoms in total. The second kappa shape index (κ2) is 6.55. The zero-order valence-corrected chi connectivity index (χ0v) is 15.3. The Morgan fingerprint density at radius 1 is 1.19 bits per heavy atom. The van der Waals surface area contributed by atoms with Crippen LogP contribution in [-0.4, -0.2) is 12.2 Å². The van der Waals surface area contributed by atoms with Gasteiger partial charge in [0.05, 0.1) is 9.70 Å². The van der Waals surface area contributed by atoms with Crippen LogP contribution < -0.4 is 10.5 Å². The molecule has 0 atom stereocenters. The number of hydrogen-bond donors (Lipinski definition) is 1. The lowest BCUT2D eigenvalue weighted by atomic mass is 10.1. The summed E-state index contributed by atoms with van der Waals surface area (Å²) in [5.41, 5.74) is 1.02. The third-order valence-corrected chi connectivity index (χ3v) is 5.56. The number of aliphatic hydroxyl groups excluding tert-OH is 1. The van der Waals surface area contributed by atoms with Crippen molar-refractivity contribution in [2.24, 2.45) is 0 Å². The maximum absolute atomic E-state index is 13.3. The quantitative estimate of drug-likeness (QED) is 0.487. The molecule has 1 N–H and O–H groups in total. The smallest absolute Gasteiger partial charge is 0.347 e. The van der Waals surface area contributed by atoms with Gasteiger partial charge in [-0.3, -0.25) is 0 Å². The molecule has 2 aromatic carbocycles. The van der Waals surface area contributed by atoms with E-state index in [0.717, 1.165) is 26.0 Å². The lowest BCUT2D eigenvalue weighted by Gasteiger charge is -2.17. The van der Waals surface area contributed by atoms with Gasteiger partial charge in [0, 0.05) is 19.7 Å². The number of fused-ring (bicyclic) bond motifs is 2. The van der Waals surface area contributed by atoms with Crippen LogP contribution in [0.3, 0.4) is 0 Å². The summed E-state index contributed by atoms with van der Waals surface area (Å²) in [5.74, 6) is -0.550. The zero-order chi connectivity index (χ0) is 19.1. The van der Waals surface area contributed by atoms with Crippen molar-refractivity contribution < 1.29 is 13.9 Å². The van der Waals surface area contributed by atoms with Crippen molar-refractivity contribution >= 4 is 43.2 Å². The van der Waals surface area contributed by atoms with E-state index in [1.165, 1.54) is 23.5 Å². The fraction of sp³-hybridized carbons (Fsp3) is 0.0952. The SMILES string of the molecule is C=C(O)c1cc2sc(N(C)Cc3ccc4cc(F)ccc4c3)cc2oc1=O. The molecule has 0 amide bonds. The number of thiophene rings is 1. The van der Waals surface area contributed by atoms with Gasteiger partial charge in [0.2, 0.25) is 0 Å². The normalized spacial score (nSPS) is 11.2. The molecule has 27 heavy (non-hydrogen) atoms. The molecule has 0 bridgehead atoms. The largest absolute Gasteiger partial charge is 0.508 e. The zero-order valence-electron chi connectivity index (χ0n) is 14.5. The van der Waals surface area contributed by atoms with E-state index in [-0.39, 0.29) is 17.1 Å². The minimum absolute atomic E-state index is 0.0697. The first-order valence-corrected chi connectivity index (χ1v) is 9.07. The van der Waals surface area contributed by atoms with Crippen LogP contribution in [0.5, 0.6) is 0 Å².